The molecule has 6 aromatic carbocycles. The molecule has 41 heavy (non-hydrogen) atoms. The van der Waals surface area contributed by atoms with Crippen LogP contribution in [0.15, 0.2) is 102 Å². The summed E-state index contributed by atoms with van der Waals surface area (Å²) in [6.07, 6.45) is 4.00. The summed E-state index contributed by atoms with van der Waals surface area (Å²) in [4.78, 5) is 2.37. The third-order valence-corrected chi connectivity index (χ3v) is 8.72. The largest absolute Gasteiger partial charge is 0.454 e. The molecule has 1 heterocycles. The second-order valence-corrected chi connectivity index (χ2v) is 11.1. The third-order valence-electron chi connectivity index (χ3n) is 8.72. The first-order chi connectivity index (χ1) is 19.9. The molecule has 0 radical (unpaired) electrons. The zero-order valence-electron chi connectivity index (χ0n) is 24.3. The van der Waals surface area contributed by atoms with Gasteiger partial charge in [0.15, 0.2) is 5.58 Å². The van der Waals surface area contributed by atoms with E-state index in [1.807, 2.05) is 13.0 Å². The number of rotatable bonds is 5. The van der Waals surface area contributed by atoms with Gasteiger partial charge >= 0.3 is 0 Å². The van der Waals surface area contributed by atoms with Crippen molar-refractivity contribution in [3.8, 4) is 0 Å². The van der Waals surface area contributed by atoms with Gasteiger partial charge in [-0.15, -0.1) is 0 Å². The molecule has 2 heteroatoms. The predicted octanol–water partition coefficient (Wildman–Crippen LogP) is 11.8. The van der Waals surface area contributed by atoms with Crippen LogP contribution in [0.4, 0.5) is 17.1 Å². The number of para-hydroxylation sites is 2. The predicted molar refractivity (Wildman–Crippen MR) is 178 cm³/mol. The number of fused-ring (bicyclic) bond motifs is 1. The van der Waals surface area contributed by atoms with Crippen molar-refractivity contribution < 1.29 is 4.42 Å². The summed E-state index contributed by atoms with van der Waals surface area (Å²) >= 11 is 0. The summed E-state index contributed by atoms with van der Waals surface area (Å²) in [5, 5.41) is 8.92. The Bertz CT molecular complexity index is 2140. The lowest BCUT2D eigenvalue weighted by Crippen LogP contribution is -2.11. The molecule has 7 rings (SSSR count). The fourth-order valence-electron chi connectivity index (χ4n) is 6.63. The fourth-order valence-corrected chi connectivity index (χ4v) is 6.63. The van der Waals surface area contributed by atoms with E-state index in [0.717, 1.165) is 44.9 Å². The number of aryl methyl sites for hydroxylation is 3. The van der Waals surface area contributed by atoms with E-state index in [1.54, 1.807) is 0 Å². The minimum atomic E-state index is 0.859. The topological polar surface area (TPSA) is 16.4 Å². The van der Waals surface area contributed by atoms with Crippen molar-refractivity contribution in [2.45, 2.75) is 34.6 Å². The highest BCUT2D eigenvalue weighted by atomic mass is 16.3. The van der Waals surface area contributed by atoms with Crippen LogP contribution in [0.25, 0.3) is 54.9 Å². The maximum Gasteiger partial charge on any atom is 0.159 e. The Balaban J connectivity index is 1.63. The monoisotopic (exact) mass is 531 g/mol. The highest BCUT2D eigenvalue weighted by Crippen LogP contribution is 2.48. The van der Waals surface area contributed by atoms with E-state index in [4.69, 9.17) is 4.42 Å². The molecule has 200 valence electrons. The maximum atomic E-state index is 6.70. The molecule has 0 unspecified atom stereocenters. The lowest BCUT2D eigenvalue weighted by Gasteiger charge is -2.28. The average molecular weight is 532 g/mol. The Morgan fingerprint density at radius 1 is 0.683 bits per heavy atom. The number of hydrogen-bond donors (Lipinski definition) is 0. The van der Waals surface area contributed by atoms with E-state index in [1.165, 1.54) is 49.0 Å². The Morgan fingerprint density at radius 2 is 1.29 bits per heavy atom. The van der Waals surface area contributed by atoms with Crippen molar-refractivity contribution >= 4 is 72.0 Å². The van der Waals surface area contributed by atoms with E-state index in [-0.39, 0.29) is 0 Å². The van der Waals surface area contributed by atoms with Crippen molar-refractivity contribution in [2.24, 2.45) is 0 Å². The Labute approximate surface area is 241 Å². The van der Waals surface area contributed by atoms with Crippen molar-refractivity contribution in [3.05, 3.63) is 126 Å². The van der Waals surface area contributed by atoms with E-state index >= 15 is 0 Å². The van der Waals surface area contributed by atoms with Gasteiger partial charge in [0.25, 0.3) is 0 Å². The minimum absolute atomic E-state index is 0.859. The second-order valence-electron chi connectivity index (χ2n) is 11.1. The normalized spacial score (nSPS) is 12.3. The molecular weight excluding hydrogens is 498 g/mol. The van der Waals surface area contributed by atoms with Crippen LogP contribution in [-0.2, 0) is 0 Å². The molecule has 0 saturated heterocycles. The number of allylic oxidation sites excluding steroid dienone is 2. The van der Waals surface area contributed by atoms with Gasteiger partial charge in [-0.05, 0) is 108 Å². The van der Waals surface area contributed by atoms with Crippen LogP contribution in [0.3, 0.4) is 0 Å². The third kappa shape index (κ3) is 3.64. The van der Waals surface area contributed by atoms with Crippen LogP contribution < -0.4 is 4.90 Å². The number of nitrogens with zero attached hydrogens (tertiary/aromatic N) is 1. The van der Waals surface area contributed by atoms with Crippen LogP contribution in [0.5, 0.6) is 0 Å². The molecule has 0 aliphatic heterocycles. The zero-order chi connectivity index (χ0) is 28.4. The Hall–Kier alpha value is -4.82. The van der Waals surface area contributed by atoms with Crippen molar-refractivity contribution in [1.82, 2.24) is 0 Å². The summed E-state index contributed by atoms with van der Waals surface area (Å²) in [5.74, 6) is 0.871. The number of hydrogen-bond acceptors (Lipinski definition) is 2. The first-order valence-electron chi connectivity index (χ1n) is 14.3. The van der Waals surface area contributed by atoms with Gasteiger partial charge in [-0.3, -0.25) is 0 Å². The van der Waals surface area contributed by atoms with Crippen LogP contribution in [0.1, 0.15) is 41.9 Å². The van der Waals surface area contributed by atoms with Crippen LogP contribution >= 0.6 is 0 Å². The second kappa shape index (κ2) is 9.38. The summed E-state index contributed by atoms with van der Waals surface area (Å²) in [6.45, 7) is 14.9. The van der Waals surface area contributed by atoms with Crippen LogP contribution in [-0.4, -0.2) is 0 Å². The van der Waals surface area contributed by atoms with Gasteiger partial charge in [-0.2, -0.15) is 0 Å². The van der Waals surface area contributed by atoms with Crippen molar-refractivity contribution in [3.63, 3.8) is 0 Å². The van der Waals surface area contributed by atoms with Crippen LogP contribution in [0, 0.1) is 20.8 Å². The van der Waals surface area contributed by atoms with Gasteiger partial charge in [0.2, 0.25) is 0 Å². The first-order valence-corrected chi connectivity index (χ1v) is 14.3. The summed E-state index contributed by atoms with van der Waals surface area (Å²) in [7, 11) is 0. The highest BCUT2D eigenvalue weighted by Gasteiger charge is 2.24. The fraction of sp³-hybridized carbons (Fsp3) is 0.128. The molecule has 1 aromatic heterocycles. The zero-order valence-corrected chi connectivity index (χ0v) is 24.3. The molecule has 0 amide bonds. The van der Waals surface area contributed by atoms with E-state index in [0.29, 0.717) is 0 Å². The molecular formula is C39H33NO. The molecule has 0 spiro atoms. The maximum absolute atomic E-state index is 6.70. The standard InChI is InChI=1S/C39H33NO/c1-7-23(3)38-28(8-2)32-15-12-16-34(39(32)41-38)40(27-13-10-9-11-14-27)35-22-26(6)31-18-17-29-24(4)21-25(5)30-19-20-33(35)37(31)36(29)30/h7-22H,2H2,1,3-6H3/b23-7-. The highest BCUT2D eigenvalue weighted by molar-refractivity contribution is 6.27. The van der Waals surface area contributed by atoms with Crippen molar-refractivity contribution in [2.75, 3.05) is 4.90 Å². The first kappa shape index (κ1) is 25.2. The van der Waals surface area contributed by atoms with Crippen LogP contribution in [0.2, 0.25) is 0 Å². The lowest BCUT2D eigenvalue weighted by molar-refractivity contribution is 0.598. The van der Waals surface area contributed by atoms with E-state index in [2.05, 4.69) is 130 Å². The Kier molecular flexibility index (Phi) is 5.76. The molecule has 2 nitrogen and oxygen atoms in total. The summed E-state index contributed by atoms with van der Waals surface area (Å²) < 4.78 is 6.70. The van der Waals surface area contributed by atoms with Crippen molar-refractivity contribution in [1.29, 1.82) is 0 Å². The molecule has 0 N–H and O–H groups in total. The van der Waals surface area contributed by atoms with Gasteiger partial charge < -0.3 is 9.32 Å². The lowest BCUT2D eigenvalue weighted by atomic mass is 9.87. The quantitative estimate of drug-likeness (QED) is 0.205. The molecule has 0 fully saturated rings. The van der Waals surface area contributed by atoms with Gasteiger partial charge in [-0.25, -0.2) is 0 Å². The smallest absolute Gasteiger partial charge is 0.159 e. The number of benzene rings is 6. The number of furan rings is 1. The van der Waals surface area contributed by atoms with Gasteiger partial charge in [0.05, 0.1) is 11.4 Å². The summed E-state index contributed by atoms with van der Waals surface area (Å²) in [6, 6.07) is 30.9. The number of anilines is 3. The van der Waals surface area contributed by atoms with E-state index in [9.17, 15) is 0 Å². The molecule has 0 aliphatic carbocycles. The van der Waals surface area contributed by atoms with E-state index < -0.39 is 0 Å². The van der Waals surface area contributed by atoms with Gasteiger partial charge in [-0.1, -0.05) is 79.4 Å². The molecule has 0 bridgehead atoms. The molecule has 0 aliphatic rings. The average Bonchev–Trinajstić information content (AvgIpc) is 3.38. The molecule has 0 saturated carbocycles. The van der Waals surface area contributed by atoms with Gasteiger partial charge in [0, 0.05) is 22.0 Å². The molecule has 7 aromatic rings. The SMILES string of the molecule is C=Cc1c(/C(C)=C\C)oc2c(N(c3ccccc3)c3cc(C)c4ccc5c(C)cc(C)c6ccc3c4c56)cccc12. The molecule has 0 atom stereocenters. The minimum Gasteiger partial charge on any atom is -0.454 e. The van der Waals surface area contributed by atoms with Gasteiger partial charge in [0.1, 0.15) is 5.76 Å². The summed E-state index contributed by atoms with van der Waals surface area (Å²) in [5.41, 5.74) is 10.1. The Morgan fingerprint density at radius 3 is 1.93 bits per heavy atom.